The lowest BCUT2D eigenvalue weighted by Crippen LogP contribution is -2.16. The highest BCUT2D eigenvalue weighted by atomic mass is 35.5. The molecule has 4 nitrogen and oxygen atoms in total. The van der Waals surface area contributed by atoms with Crippen molar-refractivity contribution >= 4 is 44.6 Å². The van der Waals surface area contributed by atoms with E-state index in [4.69, 9.17) is 28.9 Å². The SMILES string of the molecule is Nc1cc(F)cc(F)c1NS(=O)(=O)c1cc(Cl)ccc1Cl. The highest BCUT2D eigenvalue weighted by Crippen LogP contribution is 2.30. The van der Waals surface area contributed by atoms with E-state index in [1.165, 1.54) is 12.1 Å². The summed E-state index contributed by atoms with van der Waals surface area (Å²) < 4.78 is 52.9. The Kier molecular flexibility index (Phi) is 4.27. The molecule has 3 N–H and O–H groups in total. The highest BCUT2D eigenvalue weighted by molar-refractivity contribution is 7.92. The van der Waals surface area contributed by atoms with Crippen LogP contribution in [0.15, 0.2) is 35.2 Å². The predicted molar refractivity (Wildman–Crippen MR) is 78.0 cm³/mol. The maximum Gasteiger partial charge on any atom is 0.263 e. The Hall–Kier alpha value is -1.57. The van der Waals surface area contributed by atoms with Gasteiger partial charge in [-0.1, -0.05) is 23.2 Å². The normalized spacial score (nSPS) is 11.4. The third-order valence-corrected chi connectivity index (χ3v) is 4.57. The highest BCUT2D eigenvalue weighted by Gasteiger charge is 2.22. The molecule has 0 heterocycles. The number of nitrogens with two attached hydrogens (primary N) is 1. The minimum atomic E-state index is -4.23. The number of hydrogen-bond acceptors (Lipinski definition) is 3. The Morgan fingerprint density at radius 1 is 1.10 bits per heavy atom. The van der Waals surface area contributed by atoms with Crippen LogP contribution in [0.1, 0.15) is 0 Å². The van der Waals surface area contributed by atoms with Gasteiger partial charge >= 0.3 is 0 Å². The lowest BCUT2D eigenvalue weighted by atomic mass is 10.2. The molecule has 2 rings (SSSR count). The quantitative estimate of drug-likeness (QED) is 0.828. The van der Waals surface area contributed by atoms with Crippen molar-refractivity contribution in [2.75, 3.05) is 10.5 Å². The van der Waals surface area contributed by atoms with Gasteiger partial charge in [-0.15, -0.1) is 0 Å². The zero-order chi connectivity index (χ0) is 15.8. The van der Waals surface area contributed by atoms with Crippen LogP contribution in [-0.2, 0) is 10.0 Å². The molecule has 0 saturated carbocycles. The Morgan fingerprint density at radius 2 is 1.76 bits per heavy atom. The topological polar surface area (TPSA) is 72.2 Å². The summed E-state index contributed by atoms with van der Waals surface area (Å²) >= 11 is 11.5. The molecule has 0 aliphatic carbocycles. The van der Waals surface area contributed by atoms with Gasteiger partial charge in [0.25, 0.3) is 10.0 Å². The van der Waals surface area contributed by atoms with Crippen molar-refractivity contribution in [1.29, 1.82) is 0 Å². The van der Waals surface area contributed by atoms with Crippen LogP contribution in [0.5, 0.6) is 0 Å². The summed E-state index contributed by atoms with van der Waals surface area (Å²) in [4.78, 5) is -0.347. The molecule has 0 atom stereocenters. The second kappa shape index (κ2) is 5.67. The largest absolute Gasteiger partial charge is 0.397 e. The van der Waals surface area contributed by atoms with Gasteiger partial charge in [0.1, 0.15) is 16.4 Å². The second-order valence-corrected chi connectivity index (χ2v) is 6.53. The van der Waals surface area contributed by atoms with E-state index in [-0.39, 0.29) is 14.9 Å². The lowest BCUT2D eigenvalue weighted by molar-refractivity contribution is 0.583. The van der Waals surface area contributed by atoms with Crippen molar-refractivity contribution in [3.05, 3.63) is 52.0 Å². The molecule has 2 aromatic carbocycles. The average molecular weight is 353 g/mol. The van der Waals surface area contributed by atoms with Crippen LogP contribution in [0, 0.1) is 11.6 Å². The molecular formula is C12H8Cl2F2N2O2S. The molecule has 0 saturated heterocycles. The average Bonchev–Trinajstić information content (AvgIpc) is 2.36. The standard InChI is InChI=1S/C12H8Cl2F2N2O2S/c13-6-1-2-8(14)11(3-6)21(19,20)18-12-9(16)4-7(15)5-10(12)17/h1-5,18H,17H2. The zero-order valence-electron chi connectivity index (χ0n) is 10.2. The van der Waals surface area contributed by atoms with E-state index in [0.29, 0.717) is 6.07 Å². The van der Waals surface area contributed by atoms with Gasteiger partial charge in [-0.3, -0.25) is 4.72 Å². The number of benzene rings is 2. The molecule has 0 bridgehead atoms. The fourth-order valence-corrected chi connectivity index (χ4v) is 3.43. The van der Waals surface area contributed by atoms with Crippen molar-refractivity contribution in [3.63, 3.8) is 0 Å². The molecule has 0 spiro atoms. The van der Waals surface area contributed by atoms with Crippen LogP contribution in [0.25, 0.3) is 0 Å². The van der Waals surface area contributed by atoms with Crippen LogP contribution in [0.2, 0.25) is 10.0 Å². The van der Waals surface area contributed by atoms with Crippen molar-refractivity contribution < 1.29 is 17.2 Å². The summed E-state index contributed by atoms with van der Waals surface area (Å²) in [5.74, 6) is -2.07. The first-order chi connectivity index (χ1) is 9.70. The summed E-state index contributed by atoms with van der Waals surface area (Å²) in [6.07, 6.45) is 0. The fraction of sp³-hybridized carbons (Fsp3) is 0. The fourth-order valence-electron chi connectivity index (χ4n) is 1.57. The first-order valence-corrected chi connectivity index (χ1v) is 7.67. The van der Waals surface area contributed by atoms with E-state index in [1.807, 2.05) is 4.72 Å². The van der Waals surface area contributed by atoms with E-state index < -0.39 is 33.0 Å². The number of halogens is 4. The van der Waals surface area contributed by atoms with Crippen molar-refractivity contribution in [1.82, 2.24) is 0 Å². The molecule has 0 aliphatic rings. The summed E-state index contributed by atoms with van der Waals surface area (Å²) in [5.41, 5.74) is 4.45. The molecule has 0 unspecified atom stereocenters. The number of nitrogen functional groups attached to an aromatic ring is 1. The zero-order valence-corrected chi connectivity index (χ0v) is 12.5. The van der Waals surface area contributed by atoms with Gasteiger partial charge in [-0.25, -0.2) is 17.2 Å². The molecule has 0 aromatic heterocycles. The van der Waals surface area contributed by atoms with Crippen LogP contribution in [-0.4, -0.2) is 8.42 Å². The van der Waals surface area contributed by atoms with Gasteiger partial charge in [0, 0.05) is 11.1 Å². The van der Waals surface area contributed by atoms with E-state index in [0.717, 1.165) is 12.1 Å². The third kappa shape index (κ3) is 3.37. The summed E-state index contributed by atoms with van der Waals surface area (Å²) in [5, 5.41) is 0.0281. The van der Waals surface area contributed by atoms with Crippen LogP contribution in [0.4, 0.5) is 20.2 Å². The summed E-state index contributed by atoms with van der Waals surface area (Å²) in [7, 11) is -4.23. The molecule has 9 heteroatoms. The molecule has 0 radical (unpaired) electrons. The van der Waals surface area contributed by atoms with E-state index in [9.17, 15) is 17.2 Å². The minimum Gasteiger partial charge on any atom is -0.397 e. The Bertz CT molecular complexity index is 790. The molecule has 0 amide bonds. The van der Waals surface area contributed by atoms with E-state index in [2.05, 4.69) is 0 Å². The summed E-state index contributed by atoms with van der Waals surface area (Å²) in [6.45, 7) is 0. The van der Waals surface area contributed by atoms with Gasteiger partial charge in [-0.2, -0.15) is 0 Å². The van der Waals surface area contributed by atoms with Gasteiger partial charge < -0.3 is 5.73 Å². The number of sulfonamides is 1. The van der Waals surface area contributed by atoms with Crippen molar-refractivity contribution in [3.8, 4) is 0 Å². The number of nitrogens with one attached hydrogen (secondary N) is 1. The van der Waals surface area contributed by atoms with Crippen LogP contribution < -0.4 is 10.5 Å². The smallest absolute Gasteiger partial charge is 0.263 e. The van der Waals surface area contributed by atoms with E-state index >= 15 is 0 Å². The van der Waals surface area contributed by atoms with Gasteiger partial charge in [0.2, 0.25) is 0 Å². The molecule has 2 aromatic rings. The predicted octanol–water partition coefficient (Wildman–Crippen LogP) is 3.65. The van der Waals surface area contributed by atoms with Gasteiger partial charge in [0.15, 0.2) is 5.82 Å². The van der Waals surface area contributed by atoms with Crippen LogP contribution >= 0.6 is 23.2 Å². The molecule has 0 aliphatic heterocycles. The monoisotopic (exact) mass is 352 g/mol. The molecule has 21 heavy (non-hydrogen) atoms. The second-order valence-electron chi connectivity index (χ2n) is 4.03. The lowest BCUT2D eigenvalue weighted by Gasteiger charge is -2.12. The molecule has 0 fully saturated rings. The summed E-state index contributed by atoms with van der Waals surface area (Å²) in [6, 6.07) is 5.08. The Balaban J connectivity index is 2.50. The third-order valence-electron chi connectivity index (χ3n) is 2.50. The number of rotatable bonds is 3. The maximum atomic E-state index is 13.6. The Labute approximate surface area is 129 Å². The number of anilines is 2. The molecule has 112 valence electrons. The number of hydrogen-bond donors (Lipinski definition) is 2. The Morgan fingerprint density at radius 3 is 2.38 bits per heavy atom. The first-order valence-electron chi connectivity index (χ1n) is 5.43. The van der Waals surface area contributed by atoms with Crippen LogP contribution in [0.3, 0.4) is 0 Å². The maximum absolute atomic E-state index is 13.6. The molecular weight excluding hydrogens is 345 g/mol. The van der Waals surface area contributed by atoms with Gasteiger partial charge in [-0.05, 0) is 24.3 Å². The van der Waals surface area contributed by atoms with Gasteiger partial charge in [0.05, 0.1) is 10.7 Å². The minimum absolute atomic E-state index is 0.104. The van der Waals surface area contributed by atoms with Crippen molar-refractivity contribution in [2.45, 2.75) is 4.90 Å². The van der Waals surface area contributed by atoms with Crippen molar-refractivity contribution in [2.24, 2.45) is 0 Å². The first kappa shape index (κ1) is 15.8. The van der Waals surface area contributed by atoms with E-state index in [1.54, 1.807) is 0 Å².